The average Bonchev–Trinajstić information content (AvgIpc) is 3.35. The van der Waals surface area contributed by atoms with Crippen LogP contribution in [0.1, 0.15) is 55.8 Å². The summed E-state index contributed by atoms with van der Waals surface area (Å²) in [7, 11) is 0.0592. The van der Waals surface area contributed by atoms with Gasteiger partial charge in [-0.15, -0.1) is 0 Å². The Kier molecular flexibility index (Phi) is 7.85. The van der Waals surface area contributed by atoms with E-state index in [0.29, 0.717) is 24.8 Å². The second-order valence-corrected chi connectivity index (χ2v) is 12.3. The van der Waals surface area contributed by atoms with Gasteiger partial charge in [-0.2, -0.15) is 0 Å². The molecule has 1 saturated heterocycles. The van der Waals surface area contributed by atoms with E-state index in [1.807, 2.05) is 6.92 Å². The number of carbonyl (C=O) groups is 1. The smallest absolute Gasteiger partial charge is 0.266 e. The largest absolute Gasteiger partial charge is 0.374 e. The van der Waals surface area contributed by atoms with Crippen molar-refractivity contribution in [2.75, 3.05) is 35.9 Å². The molecule has 0 radical (unpaired) electrons. The lowest BCUT2D eigenvalue weighted by Crippen LogP contribution is -2.31. The second kappa shape index (κ2) is 10.6. The number of anilines is 2. The van der Waals surface area contributed by atoms with Gasteiger partial charge in [0.1, 0.15) is 23.8 Å². The van der Waals surface area contributed by atoms with E-state index in [4.69, 9.17) is 4.74 Å². The molecule has 8 nitrogen and oxygen atoms in total. The molecule has 2 aliphatic rings. The third-order valence-electron chi connectivity index (χ3n) is 7.73. The van der Waals surface area contributed by atoms with E-state index in [1.165, 1.54) is 30.4 Å². The van der Waals surface area contributed by atoms with E-state index >= 15 is 0 Å². The molecule has 2 unspecified atom stereocenters. The minimum atomic E-state index is -3.06. The Bertz CT molecular complexity index is 1330. The number of hydrogen-bond acceptors (Lipinski definition) is 7. The summed E-state index contributed by atoms with van der Waals surface area (Å²) in [5, 5.41) is 3.09. The molecule has 1 aromatic carbocycles. The van der Waals surface area contributed by atoms with Crippen LogP contribution in [0, 0.1) is 17.7 Å². The molecule has 0 bridgehead atoms. The normalized spacial score (nSPS) is 25.3. The minimum Gasteiger partial charge on any atom is -0.374 e. The summed E-state index contributed by atoms with van der Waals surface area (Å²) in [6, 6.07) is 3.08. The fourth-order valence-corrected chi connectivity index (χ4v) is 7.91. The van der Waals surface area contributed by atoms with E-state index in [2.05, 4.69) is 15.3 Å². The number of alkyl halides is 2. The number of ether oxygens (including phenoxy) is 1. The maximum absolute atomic E-state index is 14.8. The number of methoxy groups -OCH3 is 1. The highest BCUT2D eigenvalue weighted by Gasteiger charge is 2.52. The van der Waals surface area contributed by atoms with Crippen LogP contribution in [0.25, 0.3) is 6.08 Å². The summed E-state index contributed by atoms with van der Waals surface area (Å²) in [4.78, 5) is 21.5. The van der Waals surface area contributed by atoms with Gasteiger partial charge in [-0.25, -0.2) is 31.6 Å². The lowest BCUT2D eigenvalue weighted by Gasteiger charge is -2.31. The van der Waals surface area contributed by atoms with E-state index in [0.717, 1.165) is 11.6 Å². The van der Waals surface area contributed by atoms with E-state index in [1.54, 1.807) is 20.1 Å². The lowest BCUT2D eigenvalue weighted by atomic mass is 9.90. The van der Waals surface area contributed by atoms with Crippen molar-refractivity contribution in [2.24, 2.45) is 11.8 Å². The van der Waals surface area contributed by atoms with E-state index < -0.39 is 39.3 Å². The number of fused-ring (bicyclic) bond motifs is 1. The third kappa shape index (κ3) is 5.28. The summed E-state index contributed by atoms with van der Waals surface area (Å²) >= 11 is 0. The molecule has 2 heterocycles. The zero-order valence-corrected chi connectivity index (χ0v) is 22.4. The second-order valence-electron chi connectivity index (χ2n) is 10.1. The first kappa shape index (κ1) is 28.0. The summed E-state index contributed by atoms with van der Waals surface area (Å²) in [5.41, 5.74) is -0.135. The molecular formula is C26H31F3N4O4S. The van der Waals surface area contributed by atoms with Crippen LogP contribution >= 0.6 is 0 Å². The molecule has 3 atom stereocenters. The van der Waals surface area contributed by atoms with Gasteiger partial charge >= 0.3 is 0 Å². The molecule has 4 rings (SSSR count). The van der Waals surface area contributed by atoms with Gasteiger partial charge in [0.05, 0.1) is 34.3 Å². The first-order valence-electron chi connectivity index (χ1n) is 12.2. The van der Waals surface area contributed by atoms with E-state index in [-0.39, 0.29) is 40.5 Å². The Labute approximate surface area is 220 Å². The van der Waals surface area contributed by atoms with Crippen LogP contribution < -0.4 is 10.2 Å². The number of halogens is 3. The van der Waals surface area contributed by atoms with Crippen molar-refractivity contribution in [1.82, 2.24) is 9.97 Å². The molecule has 1 aliphatic heterocycles. The third-order valence-corrected chi connectivity index (χ3v) is 9.60. The first-order chi connectivity index (χ1) is 17.9. The van der Waals surface area contributed by atoms with Gasteiger partial charge in [-0.05, 0) is 50.2 Å². The average molecular weight is 553 g/mol. The van der Waals surface area contributed by atoms with Crippen molar-refractivity contribution >= 4 is 34.0 Å². The number of benzene rings is 1. The van der Waals surface area contributed by atoms with Gasteiger partial charge < -0.3 is 15.0 Å². The number of aromatic nitrogens is 2. The molecule has 1 saturated carbocycles. The van der Waals surface area contributed by atoms with Gasteiger partial charge in [-0.1, -0.05) is 18.2 Å². The molecular weight excluding hydrogens is 521 g/mol. The van der Waals surface area contributed by atoms with Crippen molar-refractivity contribution < 1.29 is 31.1 Å². The lowest BCUT2D eigenvalue weighted by molar-refractivity contribution is -0.107. The molecule has 1 aliphatic carbocycles. The van der Waals surface area contributed by atoms with Crippen LogP contribution in [0.3, 0.4) is 0 Å². The Morgan fingerprint density at radius 3 is 2.42 bits per heavy atom. The van der Waals surface area contributed by atoms with Crippen molar-refractivity contribution in [1.29, 1.82) is 0 Å². The van der Waals surface area contributed by atoms with Gasteiger partial charge in [0.2, 0.25) is 6.41 Å². The summed E-state index contributed by atoms with van der Waals surface area (Å²) < 4.78 is 71.6. The molecule has 206 valence electrons. The predicted octanol–water partition coefficient (Wildman–Crippen LogP) is 4.56. The molecule has 1 aromatic heterocycles. The number of amides is 1. The predicted molar refractivity (Wildman–Crippen MR) is 138 cm³/mol. The number of rotatable bonds is 9. The maximum atomic E-state index is 14.8. The number of nitrogens with zero attached hydrogens (tertiary/aromatic N) is 3. The molecule has 0 spiro atoms. The van der Waals surface area contributed by atoms with E-state index in [9.17, 15) is 26.4 Å². The van der Waals surface area contributed by atoms with Crippen molar-refractivity contribution in [3.05, 3.63) is 52.6 Å². The van der Waals surface area contributed by atoms with Crippen LogP contribution in [0.15, 0.2) is 30.1 Å². The number of sulfone groups is 1. The first-order valence-corrected chi connectivity index (χ1v) is 14.0. The van der Waals surface area contributed by atoms with Gasteiger partial charge in [0.25, 0.3) is 6.43 Å². The van der Waals surface area contributed by atoms with Gasteiger partial charge in [0, 0.05) is 19.7 Å². The van der Waals surface area contributed by atoms with Crippen LogP contribution in [0.5, 0.6) is 0 Å². The highest BCUT2D eigenvalue weighted by Crippen LogP contribution is 2.50. The Balaban J connectivity index is 1.72. The van der Waals surface area contributed by atoms with Gasteiger partial charge in [0.15, 0.2) is 9.84 Å². The number of nitrogens with one attached hydrogen (secondary N) is 1. The molecule has 2 fully saturated rings. The number of carbonyl (C=O) groups excluding carboxylic acids is 1. The summed E-state index contributed by atoms with van der Waals surface area (Å²) in [6.45, 7) is 3.49. The fraction of sp³-hybridized carbons (Fsp3) is 0.500. The quantitative estimate of drug-likeness (QED) is 0.455. The molecule has 38 heavy (non-hydrogen) atoms. The Hall–Kier alpha value is -2.99. The molecule has 1 N–H and O–H groups in total. The highest BCUT2D eigenvalue weighted by atomic mass is 32.2. The summed E-state index contributed by atoms with van der Waals surface area (Å²) in [5.74, 6) is -0.192. The molecule has 12 heteroatoms. The van der Waals surface area contributed by atoms with Crippen LogP contribution in [-0.4, -0.2) is 56.1 Å². The maximum Gasteiger partial charge on any atom is 0.266 e. The fourth-order valence-electron chi connectivity index (χ4n) is 5.69. The monoisotopic (exact) mass is 552 g/mol. The highest BCUT2D eigenvalue weighted by molar-refractivity contribution is 7.91. The Morgan fingerprint density at radius 2 is 1.84 bits per heavy atom. The zero-order chi connectivity index (χ0) is 27.8. The summed E-state index contributed by atoms with van der Waals surface area (Å²) in [6.07, 6.45) is 1.74. The van der Waals surface area contributed by atoms with Crippen molar-refractivity contribution in [3.63, 3.8) is 0 Å². The SMILES string of the molecule is COC1(/C(C)=C/c2c(N[C@H](C)c3cccc(C(F)F)c3F)ncnc2N(C)C=O)CC2CS(=O)(=O)CC2C1. The van der Waals surface area contributed by atoms with Crippen LogP contribution in [0.4, 0.5) is 24.8 Å². The topological polar surface area (TPSA) is 101 Å². The van der Waals surface area contributed by atoms with Crippen LogP contribution in [0.2, 0.25) is 0 Å². The molecule has 2 aromatic rings. The molecule has 1 amide bonds. The van der Waals surface area contributed by atoms with Crippen LogP contribution in [-0.2, 0) is 19.4 Å². The Morgan fingerprint density at radius 1 is 1.21 bits per heavy atom. The minimum absolute atomic E-state index is 0.00449. The zero-order valence-electron chi connectivity index (χ0n) is 21.6. The van der Waals surface area contributed by atoms with Gasteiger partial charge in [-0.3, -0.25) is 4.79 Å². The number of hydrogen-bond donors (Lipinski definition) is 1. The van der Waals surface area contributed by atoms with Crippen molar-refractivity contribution in [2.45, 2.75) is 44.8 Å². The van der Waals surface area contributed by atoms with Crippen molar-refractivity contribution in [3.8, 4) is 0 Å². The standard InChI is InChI=1S/C26H31F3N4O4S/c1-15(26(37-4)9-17-11-38(35,36)12-18(17)10-26)8-21-24(30-13-31-25(21)33(3)14-34)32-16(2)19-6-5-7-20(22(19)27)23(28)29/h5-8,13-14,16-18,23H,9-12H2,1-4H3,(H,30,31,32)/b15-8+/t16-,17?,18?,26?/m1/s1.